The molecule has 3 rings (SSSR count). The summed E-state index contributed by atoms with van der Waals surface area (Å²) in [4.78, 5) is 15.2. The monoisotopic (exact) mass is 449 g/mol. The standard InChI is InChI=1S/C23H35N3O4S/c1-17(2)10-13-26-14-11-19(12-15-26)24-23(27)18-8-9-21(30-3)22(16-18)31(28,29)25-20-6-4-5-7-20/h8-10,16,19-20,25H,4-7,11-15H2,1-3H3,(H,24,27). The minimum atomic E-state index is -3.76. The summed E-state index contributed by atoms with van der Waals surface area (Å²) in [5.41, 5.74) is 1.64. The molecule has 1 amide bonds. The van der Waals surface area contributed by atoms with Crippen LogP contribution in [0.4, 0.5) is 0 Å². The number of benzene rings is 1. The lowest BCUT2D eigenvalue weighted by Crippen LogP contribution is -2.44. The van der Waals surface area contributed by atoms with Crippen LogP contribution in [0.15, 0.2) is 34.7 Å². The lowest BCUT2D eigenvalue weighted by Gasteiger charge is -2.31. The van der Waals surface area contributed by atoms with Gasteiger partial charge in [0.15, 0.2) is 0 Å². The molecule has 0 atom stereocenters. The Kier molecular flexibility index (Phi) is 8.13. The maximum atomic E-state index is 12.9. The molecule has 1 aromatic rings. The smallest absolute Gasteiger partial charge is 0.251 e. The maximum Gasteiger partial charge on any atom is 0.251 e. The van der Waals surface area contributed by atoms with Gasteiger partial charge in [-0.3, -0.25) is 9.69 Å². The van der Waals surface area contributed by atoms with E-state index in [0.717, 1.165) is 58.2 Å². The van der Waals surface area contributed by atoms with E-state index in [9.17, 15) is 13.2 Å². The van der Waals surface area contributed by atoms with Gasteiger partial charge in [-0.1, -0.05) is 24.5 Å². The van der Waals surface area contributed by atoms with Gasteiger partial charge in [0.25, 0.3) is 5.91 Å². The van der Waals surface area contributed by atoms with Gasteiger partial charge < -0.3 is 10.1 Å². The summed E-state index contributed by atoms with van der Waals surface area (Å²) in [6, 6.07) is 4.64. The zero-order valence-electron chi connectivity index (χ0n) is 18.8. The number of carbonyl (C=O) groups is 1. The van der Waals surface area contributed by atoms with Crippen LogP contribution < -0.4 is 14.8 Å². The highest BCUT2D eigenvalue weighted by Crippen LogP contribution is 2.27. The normalized spacial score (nSPS) is 18.7. The number of hydrogen-bond donors (Lipinski definition) is 2. The summed E-state index contributed by atoms with van der Waals surface area (Å²) >= 11 is 0. The van der Waals surface area contributed by atoms with Crippen LogP contribution in [-0.4, -0.2) is 58.1 Å². The largest absolute Gasteiger partial charge is 0.495 e. The lowest BCUT2D eigenvalue weighted by molar-refractivity contribution is 0.0914. The predicted octanol–water partition coefficient (Wildman–Crippen LogP) is 3.08. The Hall–Kier alpha value is -1.90. The SMILES string of the molecule is COc1ccc(C(=O)NC2CCN(CC=C(C)C)CC2)cc1S(=O)(=O)NC1CCCC1. The van der Waals surface area contributed by atoms with E-state index >= 15 is 0 Å². The number of carbonyl (C=O) groups excluding carboxylic acids is 1. The van der Waals surface area contributed by atoms with Crippen molar-refractivity contribution in [2.45, 2.75) is 69.4 Å². The van der Waals surface area contributed by atoms with E-state index in [2.05, 4.69) is 34.9 Å². The van der Waals surface area contributed by atoms with E-state index in [1.54, 1.807) is 12.1 Å². The van der Waals surface area contributed by atoms with Gasteiger partial charge in [-0.15, -0.1) is 0 Å². The Bertz CT molecular complexity index is 895. The number of methoxy groups -OCH3 is 1. The maximum absolute atomic E-state index is 12.9. The molecule has 1 aromatic carbocycles. The van der Waals surface area contributed by atoms with Crippen molar-refractivity contribution in [1.82, 2.24) is 14.9 Å². The van der Waals surface area contributed by atoms with Crippen molar-refractivity contribution in [2.75, 3.05) is 26.7 Å². The summed E-state index contributed by atoms with van der Waals surface area (Å²) < 4.78 is 33.9. The minimum Gasteiger partial charge on any atom is -0.495 e. The van der Waals surface area contributed by atoms with Crippen molar-refractivity contribution < 1.29 is 17.9 Å². The van der Waals surface area contributed by atoms with Crippen molar-refractivity contribution in [3.05, 3.63) is 35.4 Å². The molecule has 1 heterocycles. The molecule has 1 saturated heterocycles. The second kappa shape index (κ2) is 10.6. The van der Waals surface area contributed by atoms with E-state index in [1.165, 1.54) is 18.7 Å². The third kappa shape index (κ3) is 6.54. The molecule has 31 heavy (non-hydrogen) atoms. The summed E-state index contributed by atoms with van der Waals surface area (Å²) in [6.07, 6.45) is 7.72. The topological polar surface area (TPSA) is 87.7 Å². The molecule has 2 N–H and O–H groups in total. The molecule has 0 aromatic heterocycles. The Morgan fingerprint density at radius 3 is 2.42 bits per heavy atom. The molecule has 172 valence electrons. The van der Waals surface area contributed by atoms with Crippen molar-refractivity contribution in [1.29, 1.82) is 0 Å². The summed E-state index contributed by atoms with van der Waals surface area (Å²) in [7, 11) is -2.33. The van der Waals surface area contributed by atoms with Gasteiger partial charge in [-0.05, 0) is 57.7 Å². The molecule has 1 aliphatic carbocycles. The van der Waals surface area contributed by atoms with E-state index < -0.39 is 10.0 Å². The molecule has 1 saturated carbocycles. The highest BCUT2D eigenvalue weighted by molar-refractivity contribution is 7.89. The number of amides is 1. The number of sulfonamides is 1. The second-order valence-electron chi connectivity index (χ2n) is 8.80. The van der Waals surface area contributed by atoms with Crippen LogP contribution in [0.2, 0.25) is 0 Å². The fraction of sp³-hybridized carbons (Fsp3) is 0.609. The molecule has 8 heteroatoms. The number of hydrogen-bond acceptors (Lipinski definition) is 5. The fourth-order valence-electron chi connectivity index (χ4n) is 4.19. The number of ether oxygens (including phenoxy) is 1. The van der Waals surface area contributed by atoms with Crippen LogP contribution in [0, 0.1) is 0 Å². The summed E-state index contributed by atoms with van der Waals surface area (Å²) in [6.45, 7) is 7.00. The molecule has 0 unspecified atom stereocenters. The molecule has 2 aliphatic rings. The average Bonchev–Trinajstić information content (AvgIpc) is 3.25. The van der Waals surface area contributed by atoms with E-state index in [1.807, 2.05) is 0 Å². The van der Waals surface area contributed by atoms with Gasteiger partial charge in [0.2, 0.25) is 10.0 Å². The first-order valence-corrected chi connectivity index (χ1v) is 12.6. The molecular formula is C23H35N3O4S. The van der Waals surface area contributed by atoms with Crippen LogP contribution in [0.25, 0.3) is 0 Å². The molecule has 0 bridgehead atoms. The van der Waals surface area contributed by atoms with Gasteiger partial charge in [0.05, 0.1) is 7.11 Å². The Balaban J connectivity index is 1.65. The molecule has 2 fully saturated rings. The van der Waals surface area contributed by atoms with Gasteiger partial charge in [-0.2, -0.15) is 0 Å². The van der Waals surface area contributed by atoms with Gasteiger partial charge in [0, 0.05) is 37.3 Å². The highest BCUT2D eigenvalue weighted by Gasteiger charge is 2.27. The van der Waals surface area contributed by atoms with Gasteiger partial charge in [0.1, 0.15) is 10.6 Å². The van der Waals surface area contributed by atoms with E-state index in [4.69, 9.17) is 4.74 Å². The quantitative estimate of drug-likeness (QED) is 0.596. The van der Waals surface area contributed by atoms with Crippen LogP contribution in [-0.2, 0) is 10.0 Å². The highest BCUT2D eigenvalue weighted by atomic mass is 32.2. The summed E-state index contributed by atoms with van der Waals surface area (Å²) in [5.74, 6) is -0.00246. The number of rotatable bonds is 8. The Morgan fingerprint density at radius 2 is 1.81 bits per heavy atom. The number of piperidine rings is 1. The average molecular weight is 450 g/mol. The fourth-order valence-corrected chi connectivity index (χ4v) is 5.69. The molecule has 0 radical (unpaired) electrons. The molecular weight excluding hydrogens is 414 g/mol. The van der Waals surface area contributed by atoms with Gasteiger partial charge >= 0.3 is 0 Å². The third-order valence-corrected chi connectivity index (χ3v) is 7.61. The zero-order chi connectivity index (χ0) is 22.4. The number of nitrogens with one attached hydrogen (secondary N) is 2. The third-order valence-electron chi connectivity index (χ3n) is 6.07. The van der Waals surface area contributed by atoms with Crippen LogP contribution >= 0.6 is 0 Å². The minimum absolute atomic E-state index is 0.0195. The van der Waals surface area contributed by atoms with Crippen molar-refractivity contribution in [3.63, 3.8) is 0 Å². The van der Waals surface area contributed by atoms with Crippen molar-refractivity contribution >= 4 is 15.9 Å². The first-order chi connectivity index (χ1) is 14.8. The van der Waals surface area contributed by atoms with Crippen molar-refractivity contribution in [3.8, 4) is 5.75 Å². The van der Waals surface area contributed by atoms with Crippen LogP contribution in [0.3, 0.4) is 0 Å². The van der Waals surface area contributed by atoms with Crippen molar-refractivity contribution in [2.24, 2.45) is 0 Å². The lowest BCUT2D eigenvalue weighted by atomic mass is 10.0. The number of allylic oxidation sites excluding steroid dienone is 1. The number of likely N-dealkylation sites (tertiary alicyclic amines) is 1. The number of nitrogens with zero attached hydrogens (tertiary/aromatic N) is 1. The Morgan fingerprint density at radius 1 is 1.13 bits per heavy atom. The van der Waals surface area contributed by atoms with E-state index in [0.29, 0.717) is 5.56 Å². The van der Waals surface area contributed by atoms with Crippen LogP contribution in [0.1, 0.15) is 62.7 Å². The summed E-state index contributed by atoms with van der Waals surface area (Å²) in [5, 5.41) is 3.07. The molecule has 7 nitrogen and oxygen atoms in total. The first-order valence-electron chi connectivity index (χ1n) is 11.2. The van der Waals surface area contributed by atoms with E-state index in [-0.39, 0.29) is 28.6 Å². The second-order valence-corrected chi connectivity index (χ2v) is 10.5. The Labute approximate surface area is 186 Å². The zero-order valence-corrected chi connectivity index (χ0v) is 19.6. The molecule has 1 aliphatic heterocycles. The molecule has 0 spiro atoms. The van der Waals surface area contributed by atoms with Crippen LogP contribution in [0.5, 0.6) is 5.75 Å². The van der Waals surface area contributed by atoms with Gasteiger partial charge in [-0.25, -0.2) is 13.1 Å². The first kappa shape index (κ1) is 23.8. The predicted molar refractivity (Wildman–Crippen MR) is 122 cm³/mol.